The van der Waals surface area contributed by atoms with E-state index in [1.807, 2.05) is 31.2 Å². The molecule has 0 radical (unpaired) electrons. The number of hydrogen-bond donors (Lipinski definition) is 3. The van der Waals surface area contributed by atoms with E-state index in [0.717, 1.165) is 11.1 Å². The molecule has 0 aliphatic heterocycles. The molecule has 1 saturated carbocycles. The molecule has 7 nitrogen and oxygen atoms in total. The minimum absolute atomic E-state index is 0.0108. The molecule has 33 heavy (non-hydrogen) atoms. The van der Waals surface area contributed by atoms with Crippen molar-refractivity contribution in [2.45, 2.75) is 57.0 Å². The zero-order chi connectivity index (χ0) is 23.4. The summed E-state index contributed by atoms with van der Waals surface area (Å²) in [5, 5.41) is 14.5. The summed E-state index contributed by atoms with van der Waals surface area (Å²) in [5.74, 6) is -0.702. The highest BCUT2D eigenvalue weighted by molar-refractivity contribution is 5.79. The first-order valence-corrected chi connectivity index (χ1v) is 11.5. The van der Waals surface area contributed by atoms with Gasteiger partial charge in [0, 0.05) is 30.8 Å². The molecule has 7 heteroatoms. The number of carboxylic acids is 1. The molecular formula is C26H30N2O5. The standard InChI is InChI=1S/C26H30N2O5/c1-16(10-11-24(29)28-18-12-17(13-18)14-25(30)31)27-26(32)33-15-23-21-8-4-2-6-19(21)20-7-3-5-9-22(20)23/h2-9,16-18,23H,10-15H2,1H3,(H,27,32)(H,28,29)(H,30,31). The third-order valence-electron chi connectivity index (χ3n) is 6.58. The Balaban J connectivity index is 1.18. The van der Waals surface area contributed by atoms with Gasteiger partial charge in [0.25, 0.3) is 0 Å². The van der Waals surface area contributed by atoms with Gasteiger partial charge in [0.05, 0.1) is 0 Å². The maximum absolute atomic E-state index is 12.4. The number of amides is 2. The van der Waals surface area contributed by atoms with Crippen LogP contribution in [0.3, 0.4) is 0 Å². The smallest absolute Gasteiger partial charge is 0.407 e. The number of carboxylic acid groups (broad SMARTS) is 1. The summed E-state index contributed by atoms with van der Waals surface area (Å²) < 4.78 is 5.55. The normalized spacial score (nSPS) is 19.5. The maximum atomic E-state index is 12.4. The average Bonchev–Trinajstić information content (AvgIpc) is 3.08. The van der Waals surface area contributed by atoms with Crippen LogP contribution >= 0.6 is 0 Å². The minimum Gasteiger partial charge on any atom is -0.481 e. The predicted molar refractivity (Wildman–Crippen MR) is 124 cm³/mol. The van der Waals surface area contributed by atoms with Crippen LogP contribution in [0.2, 0.25) is 0 Å². The van der Waals surface area contributed by atoms with Crippen LogP contribution < -0.4 is 10.6 Å². The van der Waals surface area contributed by atoms with Crippen LogP contribution in [-0.2, 0) is 14.3 Å². The first kappa shape index (κ1) is 22.8. The van der Waals surface area contributed by atoms with Crippen LogP contribution in [0.25, 0.3) is 11.1 Å². The summed E-state index contributed by atoms with van der Waals surface area (Å²) in [5.41, 5.74) is 4.69. The van der Waals surface area contributed by atoms with Gasteiger partial charge in [0.2, 0.25) is 5.91 Å². The molecule has 0 spiro atoms. The van der Waals surface area contributed by atoms with Crippen LogP contribution in [0.5, 0.6) is 0 Å². The SMILES string of the molecule is CC(CCC(=O)NC1CC(CC(=O)O)C1)NC(=O)OCC1c2ccccc2-c2ccccc21. The monoisotopic (exact) mass is 450 g/mol. The number of carbonyl (C=O) groups is 3. The Kier molecular flexibility index (Phi) is 6.96. The summed E-state index contributed by atoms with van der Waals surface area (Å²) in [6.45, 7) is 2.10. The van der Waals surface area contributed by atoms with Gasteiger partial charge in [-0.2, -0.15) is 0 Å². The lowest BCUT2D eigenvalue weighted by atomic mass is 9.78. The van der Waals surface area contributed by atoms with Crippen LogP contribution in [0.4, 0.5) is 4.79 Å². The van der Waals surface area contributed by atoms with E-state index in [4.69, 9.17) is 9.84 Å². The first-order chi connectivity index (χ1) is 15.9. The van der Waals surface area contributed by atoms with Gasteiger partial charge in [-0.15, -0.1) is 0 Å². The molecule has 4 rings (SSSR count). The Morgan fingerprint density at radius 2 is 1.64 bits per heavy atom. The van der Waals surface area contributed by atoms with E-state index < -0.39 is 12.1 Å². The molecule has 0 aromatic heterocycles. The molecule has 2 aromatic rings. The molecule has 2 amide bonds. The lowest BCUT2D eigenvalue weighted by molar-refractivity contribution is -0.139. The van der Waals surface area contributed by atoms with Crippen molar-refractivity contribution in [1.82, 2.24) is 10.6 Å². The predicted octanol–water partition coefficient (Wildman–Crippen LogP) is 4.06. The lowest BCUT2D eigenvalue weighted by Crippen LogP contribution is -2.45. The molecule has 0 bridgehead atoms. The Bertz CT molecular complexity index is 985. The second kappa shape index (κ2) is 10.1. The summed E-state index contributed by atoms with van der Waals surface area (Å²) >= 11 is 0. The molecule has 1 fully saturated rings. The van der Waals surface area contributed by atoms with E-state index in [-0.39, 0.29) is 42.9 Å². The van der Waals surface area contributed by atoms with Gasteiger partial charge in [-0.25, -0.2) is 4.79 Å². The van der Waals surface area contributed by atoms with Crippen molar-refractivity contribution in [3.63, 3.8) is 0 Å². The number of benzene rings is 2. The summed E-state index contributed by atoms with van der Waals surface area (Å²) in [6.07, 6.45) is 1.90. The number of alkyl carbamates (subject to hydrolysis) is 1. The van der Waals surface area contributed by atoms with Gasteiger partial charge in [0.15, 0.2) is 0 Å². The van der Waals surface area contributed by atoms with Crippen LogP contribution in [0.15, 0.2) is 48.5 Å². The van der Waals surface area contributed by atoms with Gasteiger partial charge in [-0.3, -0.25) is 9.59 Å². The number of carbonyl (C=O) groups excluding carboxylic acids is 2. The van der Waals surface area contributed by atoms with Crippen molar-refractivity contribution < 1.29 is 24.2 Å². The third-order valence-corrected chi connectivity index (χ3v) is 6.58. The van der Waals surface area contributed by atoms with Crippen molar-refractivity contribution in [3.8, 4) is 11.1 Å². The topological polar surface area (TPSA) is 105 Å². The zero-order valence-corrected chi connectivity index (χ0v) is 18.8. The quantitative estimate of drug-likeness (QED) is 0.534. The fraction of sp³-hybridized carbons (Fsp3) is 0.423. The zero-order valence-electron chi connectivity index (χ0n) is 18.8. The van der Waals surface area contributed by atoms with Gasteiger partial charge >= 0.3 is 12.1 Å². The van der Waals surface area contributed by atoms with Crippen molar-refractivity contribution in [1.29, 1.82) is 0 Å². The fourth-order valence-corrected chi connectivity index (χ4v) is 4.83. The molecule has 2 aromatic carbocycles. The third kappa shape index (κ3) is 5.53. The van der Waals surface area contributed by atoms with E-state index >= 15 is 0 Å². The summed E-state index contributed by atoms with van der Waals surface area (Å²) in [7, 11) is 0. The van der Waals surface area contributed by atoms with Crippen molar-refractivity contribution >= 4 is 18.0 Å². The lowest BCUT2D eigenvalue weighted by Gasteiger charge is -2.35. The highest BCUT2D eigenvalue weighted by atomic mass is 16.5. The van der Waals surface area contributed by atoms with E-state index in [9.17, 15) is 14.4 Å². The molecule has 1 unspecified atom stereocenters. The van der Waals surface area contributed by atoms with Crippen LogP contribution in [-0.4, -0.2) is 41.8 Å². The Morgan fingerprint density at radius 1 is 1.03 bits per heavy atom. The fourth-order valence-electron chi connectivity index (χ4n) is 4.83. The number of rotatable bonds is 9. The largest absolute Gasteiger partial charge is 0.481 e. The van der Waals surface area contributed by atoms with Crippen molar-refractivity contribution in [2.75, 3.05) is 6.61 Å². The molecule has 2 aliphatic rings. The molecule has 174 valence electrons. The second-order valence-electron chi connectivity index (χ2n) is 9.11. The van der Waals surface area contributed by atoms with Crippen molar-refractivity contribution in [2.24, 2.45) is 5.92 Å². The van der Waals surface area contributed by atoms with Gasteiger partial charge in [-0.1, -0.05) is 48.5 Å². The highest BCUT2D eigenvalue weighted by Gasteiger charge is 2.32. The Hall–Kier alpha value is -3.35. The van der Waals surface area contributed by atoms with E-state index in [0.29, 0.717) is 25.7 Å². The van der Waals surface area contributed by atoms with Gasteiger partial charge < -0.3 is 20.5 Å². The van der Waals surface area contributed by atoms with E-state index in [1.165, 1.54) is 11.1 Å². The number of hydrogen-bond acceptors (Lipinski definition) is 4. The Morgan fingerprint density at radius 3 is 2.24 bits per heavy atom. The van der Waals surface area contributed by atoms with Crippen LogP contribution in [0, 0.1) is 5.92 Å². The molecule has 0 saturated heterocycles. The maximum Gasteiger partial charge on any atom is 0.407 e. The number of nitrogens with one attached hydrogen (secondary N) is 2. The van der Waals surface area contributed by atoms with Gasteiger partial charge in [0.1, 0.15) is 6.61 Å². The number of aliphatic carboxylic acids is 1. The summed E-state index contributed by atoms with van der Waals surface area (Å²) in [4.78, 5) is 35.2. The van der Waals surface area contributed by atoms with E-state index in [2.05, 4.69) is 34.9 Å². The summed E-state index contributed by atoms with van der Waals surface area (Å²) in [6, 6.07) is 16.2. The molecule has 1 atom stereocenters. The van der Waals surface area contributed by atoms with Crippen LogP contribution in [0.1, 0.15) is 56.1 Å². The molecule has 3 N–H and O–H groups in total. The minimum atomic E-state index is -0.794. The Labute approximate surface area is 193 Å². The molecule has 2 aliphatic carbocycles. The van der Waals surface area contributed by atoms with Gasteiger partial charge in [-0.05, 0) is 54.4 Å². The molecule has 0 heterocycles. The number of fused-ring (bicyclic) bond motifs is 3. The average molecular weight is 451 g/mol. The van der Waals surface area contributed by atoms with E-state index in [1.54, 1.807) is 0 Å². The first-order valence-electron chi connectivity index (χ1n) is 11.5. The van der Waals surface area contributed by atoms with Crippen molar-refractivity contribution in [3.05, 3.63) is 59.7 Å². The molecular weight excluding hydrogens is 420 g/mol. The number of ether oxygens (including phenoxy) is 1. The highest BCUT2D eigenvalue weighted by Crippen LogP contribution is 2.44. The second-order valence-corrected chi connectivity index (χ2v) is 9.11.